The molecule has 0 fully saturated rings. The first kappa shape index (κ1) is 51.6. The average molecular weight is 1060 g/mol. The smallest absolute Gasteiger partial charge is 0.281 e. The van der Waals surface area contributed by atoms with Crippen LogP contribution in [-0.2, 0) is 6.54 Å². The second-order valence-electron chi connectivity index (χ2n) is 15.6. The molecular weight excluding hydrogens is 1040 g/mol. The van der Waals surface area contributed by atoms with Crippen molar-refractivity contribution in [3.63, 3.8) is 0 Å². The molecule has 0 radical (unpaired) electrons. The molecule has 0 amide bonds. The van der Waals surface area contributed by atoms with Crippen molar-refractivity contribution in [1.29, 1.82) is 0 Å². The molecule has 9 aromatic rings. The highest BCUT2D eigenvalue weighted by atomic mass is 32.1. The van der Waals surface area contributed by atoms with Gasteiger partial charge in [0.05, 0.1) is 5.38 Å². The lowest BCUT2D eigenvalue weighted by molar-refractivity contribution is -0.685. The minimum absolute atomic E-state index is 0.0823. The summed E-state index contributed by atoms with van der Waals surface area (Å²) in [7, 11) is 0. The van der Waals surface area contributed by atoms with Gasteiger partial charge in [-0.2, -0.15) is 4.57 Å². The van der Waals surface area contributed by atoms with Crippen LogP contribution in [-0.4, -0.2) is 11.9 Å². The molecule has 374 valence electrons. The Morgan fingerprint density at radius 1 is 0.384 bits per heavy atom. The van der Waals surface area contributed by atoms with Crippen molar-refractivity contribution in [3.8, 4) is 0 Å². The van der Waals surface area contributed by atoms with Gasteiger partial charge in [-0.15, -0.1) is 21.9 Å². The molecule has 0 aliphatic heterocycles. The van der Waals surface area contributed by atoms with Crippen molar-refractivity contribution in [2.45, 2.75) is 6.54 Å². The van der Waals surface area contributed by atoms with Crippen LogP contribution in [0.4, 0.5) is 87.8 Å². The molecule has 1 heterocycles. The fraction of sp³-hybridized carbons (Fsp3) is 0.0204. The number of halogens is 20. The lowest BCUT2D eigenvalue weighted by atomic mass is 9.12. The average Bonchev–Trinajstić information content (AvgIpc) is 3.86. The lowest BCUT2D eigenvalue weighted by Crippen LogP contribution is -2.81. The maximum absolute atomic E-state index is 15.4. The second-order valence-corrected chi connectivity index (χ2v) is 16.5. The number of carbonyl (C=O) groups is 1. The Bertz CT molecular complexity index is 3320. The Hall–Kier alpha value is -7.76. The maximum Gasteiger partial charge on any atom is 0.310 e. The van der Waals surface area contributed by atoms with Gasteiger partial charge >= 0.3 is 5.01 Å². The Morgan fingerprint density at radius 3 is 1.00 bits per heavy atom. The van der Waals surface area contributed by atoms with Crippen LogP contribution in [0.3, 0.4) is 0 Å². The van der Waals surface area contributed by atoms with Gasteiger partial charge in [-0.3, -0.25) is 4.79 Å². The highest BCUT2D eigenvalue weighted by Gasteiger charge is 2.52. The molecular formula is C49H18BF20NOS. The van der Waals surface area contributed by atoms with Crippen molar-refractivity contribution < 1.29 is 97.2 Å². The molecule has 0 saturated carbocycles. The van der Waals surface area contributed by atoms with E-state index in [1.165, 1.54) is 16.9 Å². The molecule has 73 heavy (non-hydrogen) atoms. The summed E-state index contributed by atoms with van der Waals surface area (Å²) >= 11 is 1.50. The summed E-state index contributed by atoms with van der Waals surface area (Å²) in [4.78, 5) is 13.7. The summed E-state index contributed by atoms with van der Waals surface area (Å²) in [6.07, 6.45) is -5.22. The Kier molecular flexibility index (Phi) is 13.7. The SMILES string of the molecule is Fc1c(F)c(F)c([B-](c2c(F)c(F)c(F)c(F)c2F)(c2c(F)c(F)c(F)c(F)c2F)c2c(F)c(F)c(F)c(F)c2F)c(F)c1F.O=C(c1c2ccccc2cc2ccccc12)c1scc[n+]1Cc1ccccc1. The predicted octanol–water partition coefficient (Wildman–Crippen LogP) is 11.5. The number of benzene rings is 8. The summed E-state index contributed by atoms with van der Waals surface area (Å²) in [5, 5.41) is 6.94. The zero-order chi connectivity index (χ0) is 53.3. The van der Waals surface area contributed by atoms with E-state index < -0.39 is 144 Å². The minimum Gasteiger partial charge on any atom is -0.281 e. The van der Waals surface area contributed by atoms with Gasteiger partial charge in [-0.25, -0.2) is 87.8 Å². The molecule has 0 aliphatic rings. The first-order valence-electron chi connectivity index (χ1n) is 20.2. The van der Waals surface area contributed by atoms with Crippen LogP contribution >= 0.6 is 11.3 Å². The highest BCUT2D eigenvalue weighted by molar-refractivity contribution is 7.20. The summed E-state index contributed by atoms with van der Waals surface area (Å²) in [5.41, 5.74) is -12.4. The molecule has 0 aliphatic carbocycles. The van der Waals surface area contributed by atoms with Gasteiger partial charge < -0.3 is 0 Å². The van der Waals surface area contributed by atoms with Gasteiger partial charge in [0, 0.05) is 11.1 Å². The van der Waals surface area contributed by atoms with Crippen molar-refractivity contribution in [2.24, 2.45) is 0 Å². The predicted molar refractivity (Wildman–Crippen MR) is 224 cm³/mol. The number of nitrogens with zero attached hydrogens (tertiary/aromatic N) is 1. The maximum atomic E-state index is 15.4. The Balaban J connectivity index is 0.000000216. The van der Waals surface area contributed by atoms with E-state index in [4.69, 9.17) is 0 Å². The first-order valence-corrected chi connectivity index (χ1v) is 21.1. The van der Waals surface area contributed by atoms with Crippen LogP contribution in [0.2, 0.25) is 0 Å². The van der Waals surface area contributed by atoms with Crippen LogP contribution in [0.1, 0.15) is 20.9 Å². The number of carbonyl (C=O) groups excluding carboxylic acids is 1. The standard InChI is InChI=1S/C25H18NOS.C24BF20/c27-24(25-26(14-15-28-25)17-18-8-2-1-3-9-18)23-21-12-6-4-10-19(21)16-20-11-5-7-13-22(20)23;26-5-1(6(27)14(35)21(42)13(5)34)25(2-7(28)15(36)22(43)16(37)8(2)29,3-9(30)17(38)23(44)18(39)10(3)31)4-11(32)19(40)24(45)20(41)12(4)33/h1-16H,17H2;/q+1;-1. The van der Waals surface area contributed by atoms with E-state index in [-0.39, 0.29) is 5.78 Å². The third kappa shape index (κ3) is 8.01. The summed E-state index contributed by atoms with van der Waals surface area (Å²) < 4.78 is 296. The fourth-order valence-electron chi connectivity index (χ4n) is 8.63. The van der Waals surface area contributed by atoms with Crippen molar-refractivity contribution >= 4 is 66.7 Å². The van der Waals surface area contributed by atoms with E-state index >= 15 is 35.1 Å². The van der Waals surface area contributed by atoms with Crippen LogP contribution in [0.15, 0.2) is 96.5 Å². The highest BCUT2D eigenvalue weighted by Crippen LogP contribution is 2.33. The normalized spacial score (nSPS) is 11.7. The van der Waals surface area contributed by atoms with Gasteiger partial charge in [0.2, 0.25) is 0 Å². The number of thiazole rings is 1. The fourth-order valence-corrected chi connectivity index (χ4v) is 9.44. The zero-order valence-electron chi connectivity index (χ0n) is 35.3. The summed E-state index contributed by atoms with van der Waals surface area (Å²) in [5.74, 6) is -71.3. The molecule has 0 N–H and O–H groups in total. The summed E-state index contributed by atoms with van der Waals surface area (Å²) in [6, 6.07) is 28.7. The molecule has 0 unspecified atom stereocenters. The molecule has 24 heteroatoms. The van der Waals surface area contributed by atoms with Gasteiger partial charge in [-0.05, 0) is 27.6 Å². The number of rotatable bonds is 8. The number of aromatic nitrogens is 1. The molecule has 8 aromatic carbocycles. The van der Waals surface area contributed by atoms with E-state index in [1.807, 2.05) is 66.2 Å². The zero-order valence-corrected chi connectivity index (χ0v) is 36.2. The van der Waals surface area contributed by atoms with E-state index in [0.29, 0.717) is 6.54 Å². The minimum atomic E-state index is -7.22. The van der Waals surface area contributed by atoms with Crippen LogP contribution in [0, 0.1) is 116 Å². The molecule has 9 rings (SSSR count). The largest absolute Gasteiger partial charge is 0.310 e. The third-order valence-corrected chi connectivity index (χ3v) is 12.7. The number of ketones is 1. The van der Waals surface area contributed by atoms with Crippen LogP contribution in [0.5, 0.6) is 0 Å². The van der Waals surface area contributed by atoms with E-state index in [0.717, 1.165) is 32.1 Å². The first-order chi connectivity index (χ1) is 34.5. The second kappa shape index (κ2) is 19.3. The van der Waals surface area contributed by atoms with Gasteiger partial charge in [0.25, 0.3) is 5.78 Å². The Morgan fingerprint density at radius 2 is 0.671 bits per heavy atom. The van der Waals surface area contributed by atoms with Gasteiger partial charge in [0.15, 0.2) is 82.5 Å². The quantitative estimate of drug-likeness (QED) is 0.0283. The van der Waals surface area contributed by atoms with Gasteiger partial charge in [0.1, 0.15) is 52.7 Å². The topological polar surface area (TPSA) is 20.9 Å². The molecule has 2 nitrogen and oxygen atoms in total. The number of hydrogen-bond donors (Lipinski definition) is 0. The van der Waals surface area contributed by atoms with Crippen molar-refractivity contribution in [3.05, 3.63) is 229 Å². The third-order valence-electron chi connectivity index (χ3n) is 11.8. The van der Waals surface area contributed by atoms with E-state index in [1.54, 1.807) is 0 Å². The van der Waals surface area contributed by atoms with E-state index in [2.05, 4.69) is 34.9 Å². The van der Waals surface area contributed by atoms with Crippen LogP contribution < -0.4 is 26.4 Å². The summed E-state index contributed by atoms with van der Waals surface area (Å²) in [6.45, 7) is 0.689. The molecule has 0 bridgehead atoms. The van der Waals surface area contributed by atoms with Crippen molar-refractivity contribution in [2.75, 3.05) is 0 Å². The van der Waals surface area contributed by atoms with Crippen LogP contribution in [0.25, 0.3) is 21.5 Å². The molecule has 0 saturated heterocycles. The monoisotopic (exact) mass is 1060 g/mol. The number of fused-ring (bicyclic) bond motifs is 2. The van der Waals surface area contributed by atoms with Crippen molar-refractivity contribution in [1.82, 2.24) is 0 Å². The van der Waals surface area contributed by atoms with E-state index in [9.17, 15) is 57.5 Å². The molecule has 0 atom stereocenters. The molecule has 1 aromatic heterocycles. The molecule has 0 spiro atoms. The Labute approximate surface area is 398 Å². The lowest BCUT2D eigenvalue weighted by Gasteiger charge is -2.44. The van der Waals surface area contributed by atoms with Gasteiger partial charge in [-0.1, -0.05) is 90.2 Å². The number of hydrogen-bond acceptors (Lipinski definition) is 2.